The van der Waals surface area contributed by atoms with Crippen LogP contribution in [0.1, 0.15) is 82.8 Å². The molecule has 0 aromatic heterocycles. The summed E-state index contributed by atoms with van der Waals surface area (Å²) in [5.41, 5.74) is -0.503. The van der Waals surface area contributed by atoms with Gasteiger partial charge in [-0.15, -0.1) is 13.2 Å². The second kappa shape index (κ2) is 16.1. The van der Waals surface area contributed by atoms with Crippen LogP contribution in [0.2, 0.25) is 0 Å². The number of carbonyl (C=O) groups is 4. The first-order chi connectivity index (χ1) is 23.2. The number of fused-ring (bicyclic) bond motifs is 1. The molecule has 3 heterocycles. The molecular weight excluding hydrogens is 678 g/mol. The van der Waals surface area contributed by atoms with E-state index in [4.69, 9.17) is 9.47 Å². The number of nitrogens with zero attached hydrogens (tertiary/aromatic N) is 2. The largest absolute Gasteiger partial charge is 0.455 e. The van der Waals surface area contributed by atoms with Crippen LogP contribution in [0.5, 0.6) is 0 Å². The van der Waals surface area contributed by atoms with Gasteiger partial charge in [0.2, 0.25) is 17.7 Å². The summed E-state index contributed by atoms with van der Waals surface area (Å²) in [4.78, 5) is 59.5. The molecule has 48 heavy (non-hydrogen) atoms. The van der Waals surface area contributed by atoms with Gasteiger partial charge < -0.3 is 29.7 Å². The van der Waals surface area contributed by atoms with E-state index in [0.717, 1.165) is 32.1 Å². The zero-order chi connectivity index (χ0) is 34.4. The SMILES string of the molecule is C=CCCC(=O)N[C@H](C)[C@@H](OC(=O)[C@H]1[C@@H]2O[C@@]3(CC2Br)[C@@H]1C(=O)N(CCCCO)[C@@H]3C(=O)N(CC=C)C1CCCCC1)c1ccccc1. The molecule has 0 radical (unpaired) electrons. The van der Waals surface area contributed by atoms with E-state index in [2.05, 4.69) is 34.4 Å². The minimum atomic E-state index is -1.21. The predicted molar refractivity (Wildman–Crippen MR) is 185 cm³/mol. The van der Waals surface area contributed by atoms with Gasteiger partial charge in [-0.3, -0.25) is 19.2 Å². The summed E-state index contributed by atoms with van der Waals surface area (Å²) in [6, 6.07) is 7.80. The zero-order valence-corrected chi connectivity index (χ0v) is 29.5. The van der Waals surface area contributed by atoms with Gasteiger partial charge in [0.1, 0.15) is 17.7 Å². The van der Waals surface area contributed by atoms with Crippen LogP contribution in [0, 0.1) is 11.8 Å². The number of unbranched alkanes of at least 4 members (excludes halogenated alkanes) is 1. The number of likely N-dealkylation sites (tertiary alicyclic amines) is 1. The molecule has 1 aromatic rings. The van der Waals surface area contributed by atoms with Gasteiger partial charge in [-0.25, -0.2) is 0 Å². The van der Waals surface area contributed by atoms with Crippen LogP contribution < -0.4 is 5.32 Å². The molecule has 5 rings (SSSR count). The van der Waals surface area contributed by atoms with Gasteiger partial charge in [-0.05, 0) is 51.0 Å². The summed E-state index contributed by atoms with van der Waals surface area (Å²) >= 11 is 3.76. The number of alkyl halides is 1. The number of hydrogen-bond donors (Lipinski definition) is 2. The van der Waals surface area contributed by atoms with Gasteiger partial charge in [-0.2, -0.15) is 0 Å². The van der Waals surface area contributed by atoms with Gasteiger partial charge in [0, 0.05) is 37.0 Å². The maximum Gasteiger partial charge on any atom is 0.313 e. The first-order valence-electron chi connectivity index (χ1n) is 17.5. The highest BCUT2D eigenvalue weighted by Crippen LogP contribution is 2.60. The lowest BCUT2D eigenvalue weighted by atomic mass is 9.70. The van der Waals surface area contributed by atoms with Crippen molar-refractivity contribution < 1.29 is 33.8 Å². The number of carbonyl (C=O) groups excluding carboxylic acids is 4. The van der Waals surface area contributed by atoms with E-state index in [1.165, 1.54) is 0 Å². The molecule has 3 amide bonds. The lowest BCUT2D eigenvalue weighted by Crippen LogP contribution is -2.58. The fourth-order valence-electron chi connectivity index (χ4n) is 8.36. The quantitative estimate of drug-likeness (QED) is 0.110. The molecule has 1 spiro atoms. The number of halogens is 1. The van der Waals surface area contributed by atoms with Crippen molar-refractivity contribution in [3.8, 4) is 0 Å². The fraction of sp³-hybridized carbons (Fsp3) is 0.622. The van der Waals surface area contributed by atoms with E-state index in [1.54, 1.807) is 24.0 Å². The van der Waals surface area contributed by atoms with Crippen molar-refractivity contribution in [1.82, 2.24) is 15.1 Å². The average molecular weight is 729 g/mol. The number of aliphatic hydroxyl groups excluding tert-OH is 1. The van der Waals surface area contributed by atoms with Crippen molar-refractivity contribution >= 4 is 39.6 Å². The molecule has 262 valence electrons. The summed E-state index contributed by atoms with van der Waals surface area (Å²) in [5.74, 6) is -3.10. The van der Waals surface area contributed by atoms with Gasteiger partial charge in [-0.1, -0.05) is 77.7 Å². The predicted octanol–water partition coefficient (Wildman–Crippen LogP) is 4.61. The molecule has 4 fully saturated rings. The lowest BCUT2D eigenvalue weighted by Gasteiger charge is -2.41. The Bertz CT molecular complexity index is 1340. The van der Waals surface area contributed by atoms with Crippen molar-refractivity contribution in [2.24, 2.45) is 11.8 Å². The van der Waals surface area contributed by atoms with Crippen molar-refractivity contribution in [2.75, 3.05) is 19.7 Å². The van der Waals surface area contributed by atoms with Crippen LogP contribution in [0.3, 0.4) is 0 Å². The van der Waals surface area contributed by atoms with E-state index < -0.39 is 47.7 Å². The molecular formula is C37H50BrN3O7. The van der Waals surface area contributed by atoms with Crippen molar-refractivity contribution in [2.45, 2.75) is 112 Å². The highest BCUT2D eigenvalue weighted by atomic mass is 79.9. The molecule has 1 saturated carbocycles. The second-order valence-corrected chi connectivity index (χ2v) is 14.8. The first kappa shape index (κ1) is 36.3. The topological polar surface area (TPSA) is 125 Å². The van der Waals surface area contributed by atoms with Crippen molar-refractivity contribution in [3.63, 3.8) is 0 Å². The second-order valence-electron chi connectivity index (χ2n) is 13.6. The Morgan fingerprint density at radius 2 is 1.90 bits per heavy atom. The van der Waals surface area contributed by atoms with E-state index in [1.807, 2.05) is 35.2 Å². The third-order valence-corrected chi connectivity index (χ3v) is 11.4. The summed E-state index contributed by atoms with van der Waals surface area (Å²) < 4.78 is 13.0. The Morgan fingerprint density at radius 1 is 1.17 bits per heavy atom. The Morgan fingerprint density at radius 3 is 2.56 bits per heavy atom. The van der Waals surface area contributed by atoms with Crippen LogP contribution >= 0.6 is 15.9 Å². The van der Waals surface area contributed by atoms with Gasteiger partial charge in [0.25, 0.3) is 0 Å². The number of aliphatic hydroxyl groups is 1. The smallest absolute Gasteiger partial charge is 0.313 e. The Kier molecular flexibility index (Phi) is 12.2. The number of allylic oxidation sites excluding steroid dienone is 1. The molecule has 10 nitrogen and oxygen atoms in total. The molecule has 1 aliphatic carbocycles. The maximum absolute atomic E-state index is 14.7. The molecule has 1 unspecified atom stereocenters. The molecule has 4 aliphatic rings. The Balaban J connectivity index is 1.47. The Hall–Kier alpha value is -3.02. The monoisotopic (exact) mass is 727 g/mol. The average Bonchev–Trinajstić information content (AvgIpc) is 3.68. The molecule has 2 bridgehead atoms. The third kappa shape index (κ3) is 7.14. The fourth-order valence-corrected chi connectivity index (χ4v) is 9.30. The van der Waals surface area contributed by atoms with Crippen LogP contribution in [0.4, 0.5) is 0 Å². The number of amides is 3. The van der Waals surface area contributed by atoms with E-state index in [0.29, 0.717) is 37.8 Å². The van der Waals surface area contributed by atoms with Crippen LogP contribution in [-0.2, 0) is 28.7 Å². The van der Waals surface area contributed by atoms with Gasteiger partial charge >= 0.3 is 5.97 Å². The van der Waals surface area contributed by atoms with Gasteiger partial charge in [0.05, 0.1) is 24.0 Å². The summed E-state index contributed by atoms with van der Waals surface area (Å²) in [5, 5.41) is 12.5. The summed E-state index contributed by atoms with van der Waals surface area (Å²) in [7, 11) is 0. The number of rotatable bonds is 16. The standard InChI is InChI=1S/C37H50BrN3O7/c1-4-6-19-28(43)39-24(3)31(25-15-9-7-10-16-25)47-36(46)29-30-34(44)41(21-13-14-22-42)33(37(30)23-27(38)32(29)48-37)35(45)40(20-5-2)26-17-11-8-12-18-26/h4-5,7,9-10,15-16,24,26-27,29-33,42H,1-2,6,8,11-14,17-23H2,3H3,(H,39,43)/t24-,27?,29-,30+,31-,32-,33-,37+/m1/s1. The molecule has 3 saturated heterocycles. The Labute approximate surface area is 292 Å². The molecule has 8 atom stereocenters. The molecule has 2 N–H and O–H groups in total. The number of ether oxygens (including phenoxy) is 2. The molecule has 11 heteroatoms. The zero-order valence-electron chi connectivity index (χ0n) is 27.9. The number of esters is 1. The molecule has 3 aliphatic heterocycles. The minimum Gasteiger partial charge on any atom is -0.455 e. The first-order valence-corrected chi connectivity index (χ1v) is 18.4. The number of nitrogens with one attached hydrogen (secondary N) is 1. The van der Waals surface area contributed by atoms with Crippen LogP contribution in [0.25, 0.3) is 0 Å². The van der Waals surface area contributed by atoms with E-state index in [9.17, 15) is 24.3 Å². The van der Waals surface area contributed by atoms with Gasteiger partial charge in [0.15, 0.2) is 0 Å². The summed E-state index contributed by atoms with van der Waals surface area (Å²) in [6.07, 6.45) is 9.08. The van der Waals surface area contributed by atoms with Crippen molar-refractivity contribution in [3.05, 3.63) is 61.2 Å². The summed E-state index contributed by atoms with van der Waals surface area (Å²) in [6.45, 7) is 10.0. The van der Waals surface area contributed by atoms with Crippen LogP contribution in [-0.4, -0.2) is 93.0 Å². The third-order valence-electron chi connectivity index (χ3n) is 10.5. The maximum atomic E-state index is 14.7. The van der Waals surface area contributed by atoms with E-state index >= 15 is 0 Å². The highest BCUT2D eigenvalue weighted by Gasteiger charge is 2.77. The van der Waals surface area contributed by atoms with Crippen LogP contribution in [0.15, 0.2) is 55.6 Å². The van der Waals surface area contributed by atoms with Crippen molar-refractivity contribution in [1.29, 1.82) is 0 Å². The minimum absolute atomic E-state index is 0.0277. The molecule has 1 aromatic carbocycles. The van der Waals surface area contributed by atoms with E-state index in [-0.39, 0.29) is 48.2 Å². The number of benzene rings is 1. The number of hydrogen-bond acceptors (Lipinski definition) is 7. The normalized spacial score (nSPS) is 29.2. The highest BCUT2D eigenvalue weighted by molar-refractivity contribution is 9.09. The lowest BCUT2D eigenvalue weighted by molar-refractivity contribution is -0.162.